The van der Waals surface area contributed by atoms with Crippen LogP contribution >= 0.6 is 0 Å². The van der Waals surface area contributed by atoms with E-state index in [1.807, 2.05) is 36.5 Å². The first-order chi connectivity index (χ1) is 13.6. The number of hydrogen-bond acceptors (Lipinski definition) is 4. The molecule has 5 heteroatoms. The van der Waals surface area contributed by atoms with Gasteiger partial charge < -0.3 is 9.94 Å². The second kappa shape index (κ2) is 10.0. The largest absolute Gasteiger partial charge is 0.481 e. The first kappa shape index (κ1) is 20.1. The first-order valence-electron chi connectivity index (χ1n) is 9.86. The fourth-order valence-electron chi connectivity index (χ4n) is 3.73. The van der Waals surface area contributed by atoms with Crippen LogP contribution in [-0.2, 0) is 9.63 Å². The summed E-state index contributed by atoms with van der Waals surface area (Å²) in [4.78, 5) is 18.8. The lowest BCUT2D eigenvalue weighted by atomic mass is 9.89. The van der Waals surface area contributed by atoms with Gasteiger partial charge in [0.15, 0.2) is 0 Å². The summed E-state index contributed by atoms with van der Waals surface area (Å²) in [5.74, 6) is -0.929. The highest BCUT2D eigenvalue weighted by Gasteiger charge is 2.25. The molecule has 5 nitrogen and oxygen atoms in total. The van der Waals surface area contributed by atoms with Gasteiger partial charge in [-0.15, -0.1) is 0 Å². The van der Waals surface area contributed by atoms with Gasteiger partial charge in [0.1, 0.15) is 6.61 Å². The molecule has 148 valence electrons. The van der Waals surface area contributed by atoms with Crippen LogP contribution in [0.2, 0.25) is 0 Å². The van der Waals surface area contributed by atoms with Crippen molar-refractivity contribution in [3.63, 3.8) is 0 Å². The fraction of sp³-hybridized carbons (Fsp3) is 0.391. The van der Waals surface area contributed by atoms with Gasteiger partial charge >= 0.3 is 5.97 Å². The minimum absolute atomic E-state index is 0.0359. The molecule has 0 amide bonds. The van der Waals surface area contributed by atoms with Crippen molar-refractivity contribution in [1.82, 2.24) is 4.90 Å². The molecule has 0 aliphatic carbocycles. The molecule has 1 unspecified atom stereocenters. The maximum absolute atomic E-state index is 11.2. The number of nitrogens with zero attached hydrogens (tertiary/aromatic N) is 2. The third kappa shape index (κ3) is 5.42. The van der Waals surface area contributed by atoms with Crippen LogP contribution in [0.5, 0.6) is 0 Å². The Morgan fingerprint density at radius 1 is 1.25 bits per heavy atom. The zero-order valence-electron chi connectivity index (χ0n) is 16.3. The van der Waals surface area contributed by atoms with E-state index in [1.165, 1.54) is 16.7 Å². The van der Waals surface area contributed by atoms with E-state index in [0.29, 0.717) is 19.7 Å². The minimum Gasteiger partial charge on any atom is -0.481 e. The Bertz CT molecular complexity index is 791. The van der Waals surface area contributed by atoms with Crippen molar-refractivity contribution in [2.45, 2.75) is 25.7 Å². The number of carboxylic acid groups (broad SMARTS) is 1. The van der Waals surface area contributed by atoms with E-state index in [0.717, 1.165) is 19.4 Å². The van der Waals surface area contributed by atoms with Gasteiger partial charge in [0.25, 0.3) is 0 Å². The highest BCUT2D eigenvalue weighted by Crippen LogP contribution is 2.25. The van der Waals surface area contributed by atoms with Crippen molar-refractivity contribution in [2.24, 2.45) is 11.1 Å². The number of benzene rings is 2. The minimum atomic E-state index is -0.701. The number of rotatable bonds is 8. The van der Waals surface area contributed by atoms with Crippen LogP contribution < -0.4 is 0 Å². The number of hydrogen-bond donors (Lipinski definition) is 1. The number of carbonyl (C=O) groups is 1. The van der Waals surface area contributed by atoms with Crippen LogP contribution in [0.4, 0.5) is 0 Å². The molecule has 1 fully saturated rings. The van der Waals surface area contributed by atoms with Gasteiger partial charge in [-0.2, -0.15) is 0 Å². The Balaban J connectivity index is 1.58. The van der Waals surface area contributed by atoms with Crippen molar-refractivity contribution in [2.75, 3.05) is 26.2 Å². The summed E-state index contributed by atoms with van der Waals surface area (Å²) < 4.78 is 0. The first-order valence-corrected chi connectivity index (χ1v) is 9.86. The highest BCUT2D eigenvalue weighted by atomic mass is 16.6. The van der Waals surface area contributed by atoms with Crippen LogP contribution in [0.3, 0.4) is 0 Å². The molecule has 0 aromatic heterocycles. The molecule has 2 aromatic carbocycles. The van der Waals surface area contributed by atoms with Gasteiger partial charge in [0.05, 0.1) is 12.1 Å². The Morgan fingerprint density at radius 2 is 2.00 bits per heavy atom. The van der Waals surface area contributed by atoms with Crippen molar-refractivity contribution in [3.05, 3.63) is 71.3 Å². The summed E-state index contributed by atoms with van der Waals surface area (Å²) in [5, 5.41) is 13.4. The average molecular weight is 380 g/mol. The van der Waals surface area contributed by atoms with Gasteiger partial charge in [0, 0.05) is 19.0 Å². The molecule has 3 rings (SSSR count). The maximum Gasteiger partial charge on any atom is 0.307 e. The predicted octanol–water partition coefficient (Wildman–Crippen LogP) is 3.93. The van der Waals surface area contributed by atoms with E-state index in [1.54, 1.807) is 0 Å². The Hall–Kier alpha value is -2.66. The number of carboxylic acids is 1. The Morgan fingerprint density at radius 3 is 2.75 bits per heavy atom. The molecule has 0 bridgehead atoms. The van der Waals surface area contributed by atoms with E-state index >= 15 is 0 Å². The van der Waals surface area contributed by atoms with E-state index in [2.05, 4.69) is 41.2 Å². The molecule has 1 N–H and O–H groups in total. The zero-order valence-corrected chi connectivity index (χ0v) is 16.3. The number of aliphatic carboxylic acids is 1. The van der Waals surface area contributed by atoms with Crippen LogP contribution in [0.15, 0.2) is 59.8 Å². The highest BCUT2D eigenvalue weighted by molar-refractivity contribution is 5.73. The van der Waals surface area contributed by atoms with Gasteiger partial charge in [0.2, 0.25) is 0 Å². The molecule has 0 radical (unpaired) electrons. The van der Waals surface area contributed by atoms with Gasteiger partial charge in [-0.3, -0.25) is 9.69 Å². The third-order valence-electron chi connectivity index (χ3n) is 5.32. The SMILES string of the molecule is Cc1ccccc1C(C=NOCCN1CCC[C@@H](C(=O)O)C1)c1ccccc1. The van der Waals surface area contributed by atoms with Crippen molar-refractivity contribution < 1.29 is 14.7 Å². The van der Waals surface area contributed by atoms with E-state index in [4.69, 9.17) is 4.84 Å². The standard InChI is InChI=1S/C23H28N2O3/c1-18-8-5-6-12-21(18)22(19-9-3-2-4-10-19)16-24-28-15-14-25-13-7-11-20(17-25)23(26)27/h2-6,8-10,12,16,20,22H,7,11,13-15,17H2,1H3,(H,26,27)/t20-,22?/m1/s1. The zero-order chi connectivity index (χ0) is 19.8. The monoisotopic (exact) mass is 380 g/mol. The second-order valence-corrected chi connectivity index (χ2v) is 7.31. The summed E-state index contributed by atoms with van der Waals surface area (Å²) >= 11 is 0. The van der Waals surface area contributed by atoms with Crippen LogP contribution in [-0.4, -0.2) is 48.4 Å². The topological polar surface area (TPSA) is 62.1 Å². The molecule has 1 saturated heterocycles. The lowest BCUT2D eigenvalue weighted by Gasteiger charge is -2.29. The van der Waals surface area contributed by atoms with E-state index in [-0.39, 0.29) is 11.8 Å². The predicted molar refractivity (Wildman–Crippen MR) is 111 cm³/mol. The van der Waals surface area contributed by atoms with Crippen LogP contribution in [0.1, 0.15) is 35.4 Å². The Kier molecular flexibility index (Phi) is 7.20. The summed E-state index contributed by atoms with van der Waals surface area (Å²) in [5.41, 5.74) is 3.60. The average Bonchev–Trinajstić information content (AvgIpc) is 2.72. The maximum atomic E-state index is 11.2. The molecular formula is C23H28N2O3. The lowest BCUT2D eigenvalue weighted by Crippen LogP contribution is -2.40. The van der Waals surface area contributed by atoms with Gasteiger partial charge in [-0.05, 0) is 43.0 Å². The fourth-order valence-corrected chi connectivity index (χ4v) is 3.73. The second-order valence-electron chi connectivity index (χ2n) is 7.31. The molecule has 1 aliphatic heterocycles. The summed E-state index contributed by atoms with van der Waals surface area (Å²) in [6, 6.07) is 18.6. The summed E-state index contributed by atoms with van der Waals surface area (Å²) in [7, 11) is 0. The molecule has 2 aromatic rings. The molecule has 1 heterocycles. The van der Waals surface area contributed by atoms with Gasteiger partial charge in [-0.1, -0.05) is 59.8 Å². The summed E-state index contributed by atoms with van der Waals surface area (Å²) in [6.45, 7) is 4.78. The normalized spacial score (nSPS) is 18.8. The number of aryl methyl sites for hydroxylation is 1. The molecule has 0 spiro atoms. The molecule has 1 aliphatic rings. The molecular weight excluding hydrogens is 352 g/mol. The van der Waals surface area contributed by atoms with Crippen molar-refractivity contribution >= 4 is 12.2 Å². The van der Waals surface area contributed by atoms with E-state index < -0.39 is 5.97 Å². The van der Waals surface area contributed by atoms with Crippen molar-refractivity contribution in [3.8, 4) is 0 Å². The Labute approximate surface area is 166 Å². The lowest BCUT2D eigenvalue weighted by molar-refractivity contribution is -0.143. The van der Waals surface area contributed by atoms with E-state index in [9.17, 15) is 9.90 Å². The summed E-state index contributed by atoms with van der Waals surface area (Å²) in [6.07, 6.45) is 3.54. The van der Waals surface area contributed by atoms with Crippen molar-refractivity contribution in [1.29, 1.82) is 0 Å². The number of piperidine rings is 1. The number of likely N-dealkylation sites (tertiary alicyclic amines) is 1. The molecule has 2 atom stereocenters. The molecule has 0 saturated carbocycles. The third-order valence-corrected chi connectivity index (χ3v) is 5.32. The quantitative estimate of drug-likeness (QED) is 0.428. The van der Waals surface area contributed by atoms with Crippen LogP contribution in [0, 0.1) is 12.8 Å². The van der Waals surface area contributed by atoms with Gasteiger partial charge in [-0.25, -0.2) is 0 Å². The van der Waals surface area contributed by atoms with Crippen LogP contribution in [0.25, 0.3) is 0 Å². The molecule has 28 heavy (non-hydrogen) atoms. The number of oxime groups is 1. The smallest absolute Gasteiger partial charge is 0.307 e.